The molecule has 1 aliphatic heterocycles. The summed E-state index contributed by atoms with van der Waals surface area (Å²) in [6.07, 6.45) is 4.43. The van der Waals surface area contributed by atoms with E-state index in [-0.39, 0.29) is 11.9 Å². The summed E-state index contributed by atoms with van der Waals surface area (Å²) in [7, 11) is 0. The molecule has 1 unspecified atom stereocenters. The molecule has 1 fully saturated rings. The van der Waals surface area contributed by atoms with E-state index >= 15 is 0 Å². The van der Waals surface area contributed by atoms with Gasteiger partial charge in [0.25, 0.3) is 0 Å². The molecule has 2 heterocycles. The van der Waals surface area contributed by atoms with Gasteiger partial charge in [-0.25, -0.2) is 4.98 Å². The van der Waals surface area contributed by atoms with Crippen LogP contribution in [-0.4, -0.2) is 17.4 Å². The minimum absolute atomic E-state index is 0.106. The summed E-state index contributed by atoms with van der Waals surface area (Å²) in [5.41, 5.74) is 0.654. The van der Waals surface area contributed by atoms with Crippen LogP contribution in [0.4, 0.5) is 4.39 Å². The maximum Gasteiger partial charge on any atom is 0.220 e. The van der Waals surface area contributed by atoms with Gasteiger partial charge in [-0.15, -0.1) is 0 Å². The molecular weight excluding hydrogens is 207 g/mol. The summed E-state index contributed by atoms with van der Waals surface area (Å²) in [6.45, 7) is 0.700. The maximum atomic E-state index is 13.3. The van der Waals surface area contributed by atoms with Gasteiger partial charge in [-0.2, -0.15) is 4.39 Å². The highest BCUT2D eigenvalue weighted by Gasteiger charge is 2.17. The van der Waals surface area contributed by atoms with Crippen LogP contribution in [0.2, 0.25) is 0 Å². The smallest absolute Gasteiger partial charge is 0.220 e. The molecule has 0 saturated carbocycles. The lowest BCUT2D eigenvalue weighted by molar-refractivity contribution is -0.120. The van der Waals surface area contributed by atoms with Gasteiger partial charge in [-0.3, -0.25) is 4.79 Å². The molecular formula is C12H15FN2O. The van der Waals surface area contributed by atoms with Gasteiger partial charge < -0.3 is 5.32 Å². The number of hydrogen-bond donors (Lipinski definition) is 1. The first kappa shape index (κ1) is 11.0. The molecule has 0 spiro atoms. The Balaban J connectivity index is 1.99. The topological polar surface area (TPSA) is 42.0 Å². The second kappa shape index (κ2) is 5.05. The highest BCUT2D eigenvalue weighted by atomic mass is 19.1. The first-order valence-corrected chi connectivity index (χ1v) is 5.62. The van der Waals surface area contributed by atoms with Crippen LogP contribution in [0.5, 0.6) is 0 Å². The molecule has 0 radical (unpaired) electrons. The quantitative estimate of drug-likeness (QED) is 0.773. The highest BCUT2D eigenvalue weighted by molar-refractivity contribution is 5.76. The summed E-state index contributed by atoms with van der Waals surface area (Å²) in [5, 5.41) is 2.83. The third kappa shape index (κ3) is 2.78. The van der Waals surface area contributed by atoms with E-state index in [4.69, 9.17) is 0 Å². The van der Waals surface area contributed by atoms with Gasteiger partial charge in [0.2, 0.25) is 11.9 Å². The zero-order valence-corrected chi connectivity index (χ0v) is 9.08. The molecule has 16 heavy (non-hydrogen) atoms. The normalized spacial score (nSPS) is 21.3. The second-order valence-electron chi connectivity index (χ2n) is 4.20. The summed E-state index contributed by atoms with van der Waals surface area (Å²) >= 11 is 0. The molecule has 1 atom stereocenters. The van der Waals surface area contributed by atoms with Crippen LogP contribution in [0.15, 0.2) is 18.3 Å². The van der Waals surface area contributed by atoms with Crippen LogP contribution in [0, 0.1) is 11.9 Å². The van der Waals surface area contributed by atoms with Crippen molar-refractivity contribution in [3.63, 3.8) is 0 Å². The van der Waals surface area contributed by atoms with Crippen LogP contribution in [0.3, 0.4) is 0 Å². The minimum atomic E-state index is -0.383. The predicted octanol–water partition coefficient (Wildman–Crippen LogP) is 1.68. The van der Waals surface area contributed by atoms with Crippen molar-refractivity contribution in [1.29, 1.82) is 0 Å². The number of carbonyl (C=O) groups is 1. The Labute approximate surface area is 94.1 Å². The van der Waals surface area contributed by atoms with Crippen molar-refractivity contribution in [1.82, 2.24) is 10.3 Å². The summed E-state index contributed by atoms with van der Waals surface area (Å²) in [4.78, 5) is 14.8. The Hall–Kier alpha value is -1.45. The molecule has 4 heteroatoms. The Morgan fingerprint density at radius 3 is 3.19 bits per heavy atom. The van der Waals surface area contributed by atoms with Gasteiger partial charge in [0, 0.05) is 24.7 Å². The molecule has 1 N–H and O–H groups in total. The number of aromatic nitrogens is 1. The lowest BCUT2D eigenvalue weighted by Gasteiger charge is -2.12. The largest absolute Gasteiger partial charge is 0.356 e. The van der Waals surface area contributed by atoms with Crippen LogP contribution < -0.4 is 5.32 Å². The fourth-order valence-electron chi connectivity index (χ4n) is 2.07. The van der Waals surface area contributed by atoms with E-state index in [1.165, 1.54) is 6.20 Å². The van der Waals surface area contributed by atoms with Crippen molar-refractivity contribution < 1.29 is 9.18 Å². The van der Waals surface area contributed by atoms with Gasteiger partial charge in [0.15, 0.2) is 0 Å². The molecule has 0 bridgehead atoms. The summed E-state index contributed by atoms with van der Waals surface area (Å²) < 4.78 is 13.3. The Morgan fingerprint density at radius 2 is 2.38 bits per heavy atom. The summed E-state index contributed by atoms with van der Waals surface area (Å²) in [6, 6.07) is 3.51. The number of rotatable bonds is 2. The molecule has 0 aliphatic carbocycles. The number of pyridine rings is 1. The van der Waals surface area contributed by atoms with Gasteiger partial charge in [-0.1, -0.05) is 6.07 Å². The molecule has 1 aromatic heterocycles. The Morgan fingerprint density at radius 1 is 1.50 bits per heavy atom. The second-order valence-corrected chi connectivity index (χ2v) is 4.20. The Kier molecular flexibility index (Phi) is 3.49. The van der Waals surface area contributed by atoms with E-state index in [9.17, 15) is 9.18 Å². The van der Waals surface area contributed by atoms with Gasteiger partial charge in [0.1, 0.15) is 0 Å². The average molecular weight is 222 g/mol. The minimum Gasteiger partial charge on any atom is -0.356 e. The first-order valence-electron chi connectivity index (χ1n) is 5.62. The van der Waals surface area contributed by atoms with E-state index in [2.05, 4.69) is 10.3 Å². The zero-order chi connectivity index (χ0) is 11.4. The van der Waals surface area contributed by atoms with E-state index in [0.717, 1.165) is 12.8 Å². The van der Waals surface area contributed by atoms with Crippen molar-refractivity contribution in [3.05, 3.63) is 29.8 Å². The number of nitrogens with one attached hydrogen (secondary N) is 1. The zero-order valence-electron chi connectivity index (χ0n) is 9.08. The van der Waals surface area contributed by atoms with E-state index in [1.54, 1.807) is 12.1 Å². The van der Waals surface area contributed by atoms with Crippen LogP contribution in [-0.2, 0) is 11.2 Å². The number of carbonyl (C=O) groups excluding carboxylic acids is 1. The molecule has 0 aromatic carbocycles. The molecule has 86 valence electrons. The van der Waals surface area contributed by atoms with Gasteiger partial charge in [0.05, 0.1) is 0 Å². The van der Waals surface area contributed by atoms with Gasteiger partial charge >= 0.3 is 0 Å². The molecule has 1 aliphatic rings. The monoisotopic (exact) mass is 222 g/mol. The van der Waals surface area contributed by atoms with Gasteiger partial charge in [-0.05, 0) is 31.2 Å². The number of nitrogens with zero attached hydrogens (tertiary/aromatic N) is 1. The Bertz CT molecular complexity index is 381. The number of amides is 1. The molecule has 1 saturated heterocycles. The first-order chi connectivity index (χ1) is 7.75. The SMILES string of the molecule is O=C1CCC(Cc2cccnc2F)CCN1. The van der Waals surface area contributed by atoms with Crippen molar-refractivity contribution >= 4 is 5.91 Å². The van der Waals surface area contributed by atoms with Crippen LogP contribution in [0.25, 0.3) is 0 Å². The summed E-state index contributed by atoms with van der Waals surface area (Å²) in [5.74, 6) is 0.0952. The van der Waals surface area contributed by atoms with E-state index in [0.29, 0.717) is 30.9 Å². The highest BCUT2D eigenvalue weighted by Crippen LogP contribution is 2.20. The fourth-order valence-corrected chi connectivity index (χ4v) is 2.07. The standard InChI is InChI=1S/C12H15FN2O/c13-12-10(2-1-6-15-12)8-9-3-4-11(16)14-7-5-9/h1-2,6,9H,3-5,7-8H2,(H,14,16). The van der Waals surface area contributed by atoms with E-state index in [1.807, 2.05) is 0 Å². The van der Waals surface area contributed by atoms with E-state index < -0.39 is 0 Å². The predicted molar refractivity (Wildman–Crippen MR) is 58.2 cm³/mol. The lowest BCUT2D eigenvalue weighted by atomic mass is 9.93. The fraction of sp³-hybridized carbons (Fsp3) is 0.500. The van der Waals surface area contributed by atoms with Crippen molar-refractivity contribution in [2.24, 2.45) is 5.92 Å². The lowest BCUT2D eigenvalue weighted by Crippen LogP contribution is -2.21. The van der Waals surface area contributed by atoms with Crippen molar-refractivity contribution in [2.45, 2.75) is 25.7 Å². The maximum absolute atomic E-state index is 13.3. The molecule has 1 amide bonds. The van der Waals surface area contributed by atoms with Crippen molar-refractivity contribution in [3.8, 4) is 0 Å². The number of halogens is 1. The molecule has 1 aromatic rings. The molecule has 2 rings (SSSR count). The third-order valence-electron chi connectivity index (χ3n) is 3.00. The number of hydrogen-bond acceptors (Lipinski definition) is 2. The van der Waals surface area contributed by atoms with Crippen LogP contribution >= 0.6 is 0 Å². The molecule has 3 nitrogen and oxygen atoms in total. The average Bonchev–Trinajstić information content (AvgIpc) is 2.47. The van der Waals surface area contributed by atoms with Crippen LogP contribution in [0.1, 0.15) is 24.8 Å². The van der Waals surface area contributed by atoms with Crippen molar-refractivity contribution in [2.75, 3.05) is 6.54 Å². The third-order valence-corrected chi connectivity index (χ3v) is 3.00.